The first kappa shape index (κ1) is 13.6. The van der Waals surface area contributed by atoms with Crippen molar-refractivity contribution in [3.63, 3.8) is 0 Å². The average molecular weight is 283 g/mol. The van der Waals surface area contributed by atoms with Gasteiger partial charge in [0, 0.05) is 6.54 Å². The van der Waals surface area contributed by atoms with Gasteiger partial charge >= 0.3 is 0 Å². The summed E-state index contributed by atoms with van der Waals surface area (Å²) in [6, 6.07) is 17.4. The summed E-state index contributed by atoms with van der Waals surface area (Å²) in [5, 5.41) is 2.89. The van der Waals surface area contributed by atoms with Crippen LogP contribution >= 0.6 is 0 Å². The lowest BCUT2D eigenvalue weighted by Gasteiger charge is -2.03. The molecule has 0 saturated carbocycles. The molecule has 0 aromatic heterocycles. The highest BCUT2D eigenvalue weighted by atomic mass is 16.6. The molecule has 0 unspecified atom stereocenters. The Morgan fingerprint density at radius 3 is 2.52 bits per heavy atom. The first-order chi connectivity index (χ1) is 10.3. The lowest BCUT2D eigenvalue weighted by Crippen LogP contribution is -2.27. The van der Waals surface area contributed by atoms with Gasteiger partial charge in [-0.2, -0.15) is 0 Å². The Balaban J connectivity index is 1.53. The monoisotopic (exact) mass is 283 g/mol. The molecule has 1 N–H and O–H groups in total. The molecule has 21 heavy (non-hydrogen) atoms. The van der Waals surface area contributed by atoms with Gasteiger partial charge in [-0.1, -0.05) is 42.5 Å². The summed E-state index contributed by atoms with van der Waals surface area (Å²) < 4.78 is 10.6. The van der Waals surface area contributed by atoms with Crippen molar-refractivity contribution >= 4 is 5.91 Å². The number of rotatable bonds is 5. The van der Waals surface area contributed by atoms with Gasteiger partial charge in [-0.3, -0.25) is 4.79 Å². The van der Waals surface area contributed by atoms with Gasteiger partial charge in [-0.15, -0.1) is 0 Å². The number of methoxy groups -OCH3 is 1. The summed E-state index contributed by atoms with van der Waals surface area (Å²) in [5.41, 5.74) is 2.07. The van der Waals surface area contributed by atoms with Crippen molar-refractivity contribution in [2.45, 2.75) is 18.8 Å². The minimum atomic E-state index is -0.387. The number of epoxide rings is 1. The van der Waals surface area contributed by atoms with Crippen LogP contribution in [0.4, 0.5) is 0 Å². The second-order valence-corrected chi connectivity index (χ2v) is 4.95. The van der Waals surface area contributed by atoms with Gasteiger partial charge < -0.3 is 14.8 Å². The van der Waals surface area contributed by atoms with E-state index in [1.807, 2.05) is 54.6 Å². The number of benzene rings is 2. The van der Waals surface area contributed by atoms with E-state index in [1.165, 1.54) is 0 Å². The van der Waals surface area contributed by atoms with Crippen molar-refractivity contribution in [2.24, 2.45) is 0 Å². The fourth-order valence-electron chi connectivity index (χ4n) is 2.24. The Labute approximate surface area is 123 Å². The van der Waals surface area contributed by atoms with E-state index in [0.717, 1.165) is 16.9 Å². The van der Waals surface area contributed by atoms with E-state index in [9.17, 15) is 4.79 Å². The van der Waals surface area contributed by atoms with Gasteiger partial charge in [-0.05, 0) is 23.3 Å². The number of hydrogen-bond donors (Lipinski definition) is 1. The van der Waals surface area contributed by atoms with Gasteiger partial charge in [0.05, 0.1) is 7.11 Å². The van der Waals surface area contributed by atoms with Crippen LogP contribution in [0, 0.1) is 0 Å². The Bertz CT molecular complexity index is 610. The highest BCUT2D eigenvalue weighted by molar-refractivity contribution is 5.84. The molecule has 0 spiro atoms. The number of ether oxygens (including phenoxy) is 2. The Hall–Kier alpha value is -2.33. The van der Waals surface area contributed by atoms with E-state index >= 15 is 0 Å². The molecule has 1 fully saturated rings. The van der Waals surface area contributed by atoms with Crippen molar-refractivity contribution in [3.05, 3.63) is 65.7 Å². The number of carbonyl (C=O) groups excluding carboxylic acids is 1. The maximum Gasteiger partial charge on any atom is 0.252 e. The molecule has 0 aliphatic carbocycles. The molecule has 1 aliphatic rings. The number of nitrogens with one attached hydrogen (secondary N) is 1. The summed E-state index contributed by atoms with van der Waals surface area (Å²) in [7, 11) is 1.63. The van der Waals surface area contributed by atoms with Crippen molar-refractivity contribution in [2.75, 3.05) is 7.11 Å². The Morgan fingerprint density at radius 1 is 1.14 bits per heavy atom. The predicted molar refractivity (Wildman–Crippen MR) is 78.9 cm³/mol. The van der Waals surface area contributed by atoms with Crippen LogP contribution < -0.4 is 10.1 Å². The zero-order chi connectivity index (χ0) is 14.7. The molecule has 3 rings (SSSR count). The van der Waals surface area contributed by atoms with Gasteiger partial charge in [0.2, 0.25) is 0 Å². The Morgan fingerprint density at radius 2 is 1.86 bits per heavy atom. The molecule has 1 amide bonds. The molecular weight excluding hydrogens is 266 g/mol. The first-order valence-corrected chi connectivity index (χ1v) is 6.89. The van der Waals surface area contributed by atoms with Crippen LogP contribution in [0.25, 0.3) is 0 Å². The fourth-order valence-corrected chi connectivity index (χ4v) is 2.24. The molecule has 2 atom stereocenters. The maximum atomic E-state index is 12.0. The van der Waals surface area contributed by atoms with Gasteiger partial charge in [0.25, 0.3) is 5.91 Å². The summed E-state index contributed by atoms with van der Waals surface area (Å²) >= 11 is 0. The molecule has 0 bridgehead atoms. The lowest BCUT2D eigenvalue weighted by molar-refractivity contribution is -0.122. The quantitative estimate of drug-likeness (QED) is 0.858. The van der Waals surface area contributed by atoms with Gasteiger partial charge in [0.1, 0.15) is 11.9 Å². The fraction of sp³-hybridized carbons (Fsp3) is 0.235. The third kappa shape index (κ3) is 3.23. The lowest BCUT2D eigenvalue weighted by atomic mass is 10.1. The largest absolute Gasteiger partial charge is 0.497 e. The van der Waals surface area contributed by atoms with Gasteiger partial charge in [-0.25, -0.2) is 0 Å². The summed E-state index contributed by atoms with van der Waals surface area (Å²) in [6.45, 7) is 0.523. The van der Waals surface area contributed by atoms with Crippen LogP contribution in [0.2, 0.25) is 0 Å². The molecule has 4 nitrogen and oxygen atoms in total. The number of amides is 1. The number of carbonyl (C=O) groups is 1. The van der Waals surface area contributed by atoms with Crippen molar-refractivity contribution < 1.29 is 14.3 Å². The van der Waals surface area contributed by atoms with Crippen LogP contribution in [-0.4, -0.2) is 19.1 Å². The second-order valence-electron chi connectivity index (χ2n) is 4.95. The van der Waals surface area contributed by atoms with Crippen molar-refractivity contribution in [1.29, 1.82) is 0 Å². The molecule has 2 aromatic carbocycles. The predicted octanol–water partition coefficient (Wildman–Crippen LogP) is 2.45. The van der Waals surface area contributed by atoms with Crippen molar-refractivity contribution in [3.8, 4) is 5.75 Å². The molecule has 0 radical (unpaired) electrons. The van der Waals surface area contributed by atoms with E-state index in [2.05, 4.69) is 5.32 Å². The minimum absolute atomic E-state index is 0.0697. The molecular formula is C17H17NO3. The molecule has 2 aromatic rings. The van der Waals surface area contributed by atoms with Crippen LogP contribution in [0.3, 0.4) is 0 Å². The van der Waals surface area contributed by atoms with E-state index < -0.39 is 0 Å². The molecule has 1 saturated heterocycles. The van der Waals surface area contributed by atoms with E-state index in [1.54, 1.807) is 7.11 Å². The molecule has 108 valence electrons. The third-order valence-electron chi connectivity index (χ3n) is 3.50. The van der Waals surface area contributed by atoms with Crippen LogP contribution in [0.1, 0.15) is 17.2 Å². The standard InChI is InChI=1S/C17H17NO3/c1-20-14-9-7-13(8-10-14)15-16(21-15)17(19)18-11-12-5-3-2-4-6-12/h2-10,15-16H,11H2,1H3,(H,18,19)/t15-,16+/m0/s1. The van der Waals surface area contributed by atoms with Crippen molar-refractivity contribution in [1.82, 2.24) is 5.32 Å². The van der Waals surface area contributed by atoms with E-state index in [-0.39, 0.29) is 18.1 Å². The summed E-state index contributed by atoms with van der Waals surface area (Å²) in [4.78, 5) is 12.0. The zero-order valence-electron chi connectivity index (χ0n) is 11.8. The molecule has 1 aliphatic heterocycles. The SMILES string of the molecule is COc1ccc([C@@H]2O[C@H]2C(=O)NCc2ccccc2)cc1. The van der Waals surface area contributed by atoms with E-state index in [4.69, 9.17) is 9.47 Å². The van der Waals surface area contributed by atoms with Crippen LogP contribution in [-0.2, 0) is 16.1 Å². The average Bonchev–Trinajstić information content (AvgIpc) is 3.34. The minimum Gasteiger partial charge on any atom is -0.497 e. The van der Waals surface area contributed by atoms with Crippen LogP contribution in [0.5, 0.6) is 5.75 Å². The molecule has 1 heterocycles. The second kappa shape index (κ2) is 5.97. The first-order valence-electron chi connectivity index (χ1n) is 6.89. The van der Waals surface area contributed by atoms with E-state index in [0.29, 0.717) is 6.54 Å². The normalized spacial score (nSPS) is 19.9. The highest BCUT2D eigenvalue weighted by Gasteiger charge is 2.45. The smallest absolute Gasteiger partial charge is 0.252 e. The van der Waals surface area contributed by atoms with Crippen LogP contribution in [0.15, 0.2) is 54.6 Å². The highest BCUT2D eigenvalue weighted by Crippen LogP contribution is 2.39. The Kier molecular flexibility index (Phi) is 3.88. The maximum absolute atomic E-state index is 12.0. The summed E-state index contributed by atoms with van der Waals surface area (Å²) in [5.74, 6) is 0.726. The topological polar surface area (TPSA) is 50.9 Å². The number of hydrogen-bond acceptors (Lipinski definition) is 3. The molecule has 4 heteroatoms. The van der Waals surface area contributed by atoms with Gasteiger partial charge in [0.15, 0.2) is 6.10 Å². The zero-order valence-corrected chi connectivity index (χ0v) is 11.8. The third-order valence-corrected chi connectivity index (χ3v) is 3.50. The summed E-state index contributed by atoms with van der Waals surface area (Å²) in [6.07, 6.45) is -0.534.